The van der Waals surface area contributed by atoms with Gasteiger partial charge in [0.05, 0.1) is 23.6 Å². The van der Waals surface area contributed by atoms with E-state index >= 15 is 0 Å². The molecule has 126 valence electrons. The first kappa shape index (κ1) is 16.1. The van der Waals surface area contributed by atoms with Crippen molar-refractivity contribution >= 4 is 38.6 Å². The molecule has 0 aliphatic carbocycles. The molecule has 26 heavy (non-hydrogen) atoms. The van der Waals surface area contributed by atoms with Gasteiger partial charge in [0.2, 0.25) is 0 Å². The molecule has 0 spiro atoms. The van der Waals surface area contributed by atoms with Gasteiger partial charge in [-0.2, -0.15) is 10.2 Å². The fraction of sp³-hybridized carbons (Fsp3) is 0.0909. The van der Waals surface area contributed by atoms with Crippen LogP contribution in [-0.2, 0) is 0 Å². The van der Waals surface area contributed by atoms with Gasteiger partial charge in [-0.3, -0.25) is 0 Å². The second-order valence-corrected chi connectivity index (χ2v) is 5.91. The summed E-state index contributed by atoms with van der Waals surface area (Å²) >= 11 is 0. The molecule has 4 heteroatoms. The van der Waals surface area contributed by atoms with Gasteiger partial charge in [0, 0.05) is 16.2 Å². The molecule has 4 rings (SSSR count). The fourth-order valence-electron chi connectivity index (χ4n) is 2.99. The first-order valence-electron chi connectivity index (χ1n) is 8.65. The molecule has 0 aliphatic heterocycles. The van der Waals surface area contributed by atoms with Crippen LogP contribution in [-0.4, -0.2) is 6.54 Å². The molecule has 0 N–H and O–H groups in total. The van der Waals surface area contributed by atoms with Crippen molar-refractivity contribution in [3.8, 4) is 0 Å². The molecular formula is C22H18N4. The zero-order valence-electron chi connectivity index (χ0n) is 14.5. The zero-order valence-corrected chi connectivity index (χ0v) is 14.5. The Morgan fingerprint density at radius 1 is 0.538 bits per heavy atom. The van der Waals surface area contributed by atoms with Gasteiger partial charge in [0.25, 0.3) is 0 Å². The summed E-state index contributed by atoms with van der Waals surface area (Å²) < 4.78 is 0. The molecule has 4 aromatic rings. The minimum absolute atomic E-state index is 0.664. The molecule has 0 aliphatic rings. The number of hydrogen-bond donors (Lipinski definition) is 0. The Kier molecular flexibility index (Phi) is 4.48. The number of rotatable bonds is 4. The van der Waals surface area contributed by atoms with Crippen molar-refractivity contribution in [1.82, 2.24) is 0 Å². The van der Waals surface area contributed by atoms with Gasteiger partial charge in [0.1, 0.15) is 0 Å². The van der Waals surface area contributed by atoms with Crippen molar-refractivity contribution in [2.75, 3.05) is 6.54 Å². The summed E-state index contributed by atoms with van der Waals surface area (Å²) in [6.45, 7) is 2.63. The molecule has 0 fully saturated rings. The van der Waals surface area contributed by atoms with Crippen LogP contribution in [0.4, 0.5) is 17.1 Å². The van der Waals surface area contributed by atoms with E-state index in [2.05, 4.69) is 38.7 Å². The summed E-state index contributed by atoms with van der Waals surface area (Å²) in [5.74, 6) is 0. The van der Waals surface area contributed by atoms with Crippen LogP contribution < -0.4 is 0 Å². The van der Waals surface area contributed by atoms with Crippen molar-refractivity contribution in [2.45, 2.75) is 6.92 Å². The van der Waals surface area contributed by atoms with Crippen molar-refractivity contribution in [1.29, 1.82) is 0 Å². The Morgan fingerprint density at radius 2 is 1.08 bits per heavy atom. The molecular weight excluding hydrogens is 320 g/mol. The third kappa shape index (κ3) is 3.09. The predicted molar refractivity (Wildman–Crippen MR) is 107 cm³/mol. The van der Waals surface area contributed by atoms with Crippen LogP contribution in [0.3, 0.4) is 0 Å². The van der Waals surface area contributed by atoms with Crippen LogP contribution in [0.5, 0.6) is 0 Å². The summed E-state index contributed by atoms with van der Waals surface area (Å²) in [6.07, 6.45) is 0. The fourth-order valence-corrected chi connectivity index (χ4v) is 2.99. The van der Waals surface area contributed by atoms with Crippen LogP contribution in [0.15, 0.2) is 99.3 Å². The Balaban J connectivity index is 1.80. The molecule has 4 aromatic carbocycles. The SMILES string of the molecule is CCN=Nc1ccc(N=Nc2cccc3ccccc23)c2ccccc12. The van der Waals surface area contributed by atoms with E-state index in [1.165, 1.54) is 0 Å². The lowest BCUT2D eigenvalue weighted by molar-refractivity contribution is 1.01. The van der Waals surface area contributed by atoms with Crippen molar-refractivity contribution in [3.63, 3.8) is 0 Å². The van der Waals surface area contributed by atoms with Crippen molar-refractivity contribution < 1.29 is 0 Å². The summed E-state index contributed by atoms with van der Waals surface area (Å²) in [5, 5.41) is 21.8. The highest BCUT2D eigenvalue weighted by Crippen LogP contribution is 2.35. The van der Waals surface area contributed by atoms with Gasteiger partial charge in [-0.15, -0.1) is 10.2 Å². The molecule has 0 bridgehead atoms. The van der Waals surface area contributed by atoms with Gasteiger partial charge in [-0.05, 0) is 30.5 Å². The van der Waals surface area contributed by atoms with E-state index in [-0.39, 0.29) is 0 Å². The number of azo groups is 2. The lowest BCUT2D eigenvalue weighted by Crippen LogP contribution is -1.76. The van der Waals surface area contributed by atoms with Gasteiger partial charge >= 0.3 is 0 Å². The first-order chi connectivity index (χ1) is 12.9. The maximum absolute atomic E-state index is 4.53. The van der Waals surface area contributed by atoms with Gasteiger partial charge in [-0.25, -0.2) is 0 Å². The average molecular weight is 338 g/mol. The Hall–Kier alpha value is -3.40. The zero-order chi connectivity index (χ0) is 17.8. The molecule has 0 atom stereocenters. The summed E-state index contributed by atoms with van der Waals surface area (Å²) in [4.78, 5) is 0. The Bertz CT molecular complexity index is 1120. The molecule has 0 aromatic heterocycles. The van der Waals surface area contributed by atoms with E-state index in [1.807, 2.05) is 67.6 Å². The minimum Gasteiger partial charge on any atom is -0.189 e. The minimum atomic E-state index is 0.664. The number of benzene rings is 4. The molecule has 0 saturated heterocycles. The topological polar surface area (TPSA) is 49.4 Å². The van der Waals surface area contributed by atoms with Gasteiger partial charge in [0.15, 0.2) is 0 Å². The van der Waals surface area contributed by atoms with Gasteiger partial charge in [-0.1, -0.05) is 60.7 Å². The highest BCUT2D eigenvalue weighted by molar-refractivity contribution is 5.99. The number of nitrogens with zero attached hydrogens (tertiary/aromatic N) is 4. The average Bonchev–Trinajstić information content (AvgIpc) is 2.71. The summed E-state index contributed by atoms with van der Waals surface area (Å²) in [6, 6.07) is 26.2. The van der Waals surface area contributed by atoms with Crippen LogP contribution in [0.25, 0.3) is 21.5 Å². The standard InChI is InChI=1S/C22H18N4/c1-2-23-24-21-14-15-22(19-12-6-5-11-18(19)21)26-25-20-13-7-9-16-8-3-4-10-17(16)20/h3-15H,2H2,1H3. The Morgan fingerprint density at radius 3 is 1.77 bits per heavy atom. The quantitative estimate of drug-likeness (QED) is 0.346. The van der Waals surface area contributed by atoms with Gasteiger partial charge < -0.3 is 0 Å². The second kappa shape index (κ2) is 7.23. The van der Waals surface area contributed by atoms with E-state index in [9.17, 15) is 0 Å². The lowest BCUT2D eigenvalue weighted by Gasteiger charge is -2.04. The predicted octanol–water partition coefficient (Wildman–Crippen LogP) is 7.51. The first-order valence-corrected chi connectivity index (χ1v) is 8.65. The molecule has 0 radical (unpaired) electrons. The van der Waals surface area contributed by atoms with Crippen LogP contribution in [0.1, 0.15) is 6.92 Å². The second-order valence-electron chi connectivity index (χ2n) is 5.91. The monoisotopic (exact) mass is 338 g/mol. The third-order valence-electron chi connectivity index (χ3n) is 4.23. The summed E-state index contributed by atoms with van der Waals surface area (Å²) in [5.41, 5.74) is 2.54. The number of hydrogen-bond acceptors (Lipinski definition) is 4. The van der Waals surface area contributed by atoms with E-state index < -0.39 is 0 Å². The molecule has 0 unspecified atom stereocenters. The highest BCUT2D eigenvalue weighted by atomic mass is 15.1. The normalized spacial score (nSPS) is 11.9. The van der Waals surface area contributed by atoms with E-state index in [0.29, 0.717) is 6.54 Å². The molecule has 0 saturated carbocycles. The van der Waals surface area contributed by atoms with E-state index in [0.717, 1.165) is 38.6 Å². The van der Waals surface area contributed by atoms with E-state index in [1.54, 1.807) is 0 Å². The molecule has 0 amide bonds. The highest BCUT2D eigenvalue weighted by Gasteiger charge is 2.05. The maximum Gasteiger partial charge on any atom is 0.0936 e. The van der Waals surface area contributed by atoms with E-state index in [4.69, 9.17) is 0 Å². The molecule has 4 nitrogen and oxygen atoms in total. The lowest BCUT2D eigenvalue weighted by atomic mass is 10.1. The van der Waals surface area contributed by atoms with Crippen molar-refractivity contribution in [3.05, 3.63) is 78.9 Å². The smallest absolute Gasteiger partial charge is 0.0936 e. The molecule has 0 heterocycles. The maximum atomic E-state index is 4.53. The Labute approximate surface area is 151 Å². The van der Waals surface area contributed by atoms with Crippen LogP contribution >= 0.6 is 0 Å². The third-order valence-corrected chi connectivity index (χ3v) is 4.23. The number of fused-ring (bicyclic) bond motifs is 2. The summed E-state index contributed by atoms with van der Waals surface area (Å²) in [7, 11) is 0. The van der Waals surface area contributed by atoms with Crippen LogP contribution in [0.2, 0.25) is 0 Å². The van der Waals surface area contributed by atoms with Crippen molar-refractivity contribution in [2.24, 2.45) is 20.5 Å². The largest absolute Gasteiger partial charge is 0.189 e. The van der Waals surface area contributed by atoms with Crippen LogP contribution in [0, 0.1) is 0 Å².